The van der Waals surface area contributed by atoms with E-state index < -0.39 is 0 Å². The Kier molecular flexibility index (Phi) is 2.81. The first-order valence-electron chi connectivity index (χ1n) is 5.70. The van der Waals surface area contributed by atoms with E-state index in [9.17, 15) is 5.26 Å². The zero-order valence-corrected chi connectivity index (χ0v) is 10.6. The molecule has 0 radical (unpaired) electrons. The van der Waals surface area contributed by atoms with Crippen molar-refractivity contribution in [1.29, 1.82) is 5.26 Å². The minimum Gasteiger partial charge on any atom is -0.491 e. The van der Waals surface area contributed by atoms with Crippen molar-refractivity contribution >= 4 is 10.9 Å². The first-order chi connectivity index (χ1) is 8.04. The molecule has 1 aromatic heterocycles. The summed E-state index contributed by atoms with van der Waals surface area (Å²) < 4.78 is 7.69. The molecule has 0 N–H and O–H groups in total. The topological polar surface area (TPSA) is 37.9 Å². The van der Waals surface area contributed by atoms with Crippen molar-refractivity contribution in [2.24, 2.45) is 7.05 Å². The summed E-state index contributed by atoms with van der Waals surface area (Å²) in [7, 11) is 1.97. The normalized spacial score (nSPS) is 10.8. The smallest absolute Gasteiger partial charge is 0.120 e. The SMILES string of the molecule is Cc1c(C#N)c2cc(OC(C)C)ccc2n1C. The van der Waals surface area contributed by atoms with Crippen LogP contribution in [0.3, 0.4) is 0 Å². The van der Waals surface area contributed by atoms with Crippen LogP contribution in [0.4, 0.5) is 0 Å². The number of rotatable bonds is 2. The molecule has 0 saturated carbocycles. The molecule has 0 unspecified atom stereocenters. The maximum absolute atomic E-state index is 9.20. The molecule has 0 fully saturated rings. The molecule has 2 aromatic rings. The summed E-state index contributed by atoms with van der Waals surface area (Å²) in [6.45, 7) is 5.94. The monoisotopic (exact) mass is 228 g/mol. The van der Waals surface area contributed by atoms with Gasteiger partial charge in [0.25, 0.3) is 0 Å². The van der Waals surface area contributed by atoms with E-state index in [1.807, 2.05) is 50.6 Å². The van der Waals surface area contributed by atoms with Crippen LogP contribution in [0, 0.1) is 18.3 Å². The predicted octanol–water partition coefficient (Wildman–Crippen LogP) is 3.15. The van der Waals surface area contributed by atoms with Gasteiger partial charge >= 0.3 is 0 Å². The molecular weight excluding hydrogens is 212 g/mol. The summed E-state index contributed by atoms with van der Waals surface area (Å²) in [5, 5.41) is 10.2. The third-order valence-corrected chi connectivity index (χ3v) is 2.95. The highest BCUT2D eigenvalue weighted by Gasteiger charge is 2.12. The molecule has 17 heavy (non-hydrogen) atoms. The van der Waals surface area contributed by atoms with Gasteiger partial charge in [0.15, 0.2) is 0 Å². The Morgan fingerprint density at radius 1 is 1.35 bits per heavy atom. The van der Waals surface area contributed by atoms with E-state index in [-0.39, 0.29) is 6.10 Å². The lowest BCUT2D eigenvalue weighted by Gasteiger charge is -2.09. The lowest BCUT2D eigenvalue weighted by molar-refractivity contribution is 0.243. The summed E-state index contributed by atoms with van der Waals surface area (Å²) in [6.07, 6.45) is 0.141. The van der Waals surface area contributed by atoms with Crippen molar-refractivity contribution < 1.29 is 4.74 Å². The van der Waals surface area contributed by atoms with Gasteiger partial charge in [-0.3, -0.25) is 0 Å². The number of nitriles is 1. The molecule has 2 rings (SSSR count). The van der Waals surface area contributed by atoms with Crippen molar-refractivity contribution in [3.63, 3.8) is 0 Å². The fraction of sp³-hybridized carbons (Fsp3) is 0.357. The molecule has 1 heterocycles. The van der Waals surface area contributed by atoms with Gasteiger partial charge in [-0.15, -0.1) is 0 Å². The fourth-order valence-corrected chi connectivity index (χ4v) is 2.04. The van der Waals surface area contributed by atoms with Gasteiger partial charge in [0, 0.05) is 23.6 Å². The highest BCUT2D eigenvalue weighted by atomic mass is 16.5. The van der Waals surface area contributed by atoms with Crippen LogP contribution in [-0.2, 0) is 7.05 Å². The molecule has 0 amide bonds. The number of nitrogens with zero attached hydrogens (tertiary/aromatic N) is 2. The van der Waals surface area contributed by atoms with Crippen LogP contribution in [0.15, 0.2) is 18.2 Å². The molecule has 0 aliphatic rings. The van der Waals surface area contributed by atoms with Gasteiger partial charge in [-0.25, -0.2) is 0 Å². The predicted molar refractivity (Wildman–Crippen MR) is 68.1 cm³/mol. The van der Waals surface area contributed by atoms with E-state index in [0.29, 0.717) is 0 Å². The van der Waals surface area contributed by atoms with E-state index in [0.717, 1.165) is 27.9 Å². The van der Waals surface area contributed by atoms with Gasteiger partial charge in [0.05, 0.1) is 11.7 Å². The van der Waals surface area contributed by atoms with Crippen LogP contribution in [0.1, 0.15) is 25.1 Å². The maximum atomic E-state index is 9.20. The Bertz CT molecular complexity index is 603. The quantitative estimate of drug-likeness (QED) is 0.792. The maximum Gasteiger partial charge on any atom is 0.120 e. The second kappa shape index (κ2) is 4.14. The van der Waals surface area contributed by atoms with Gasteiger partial charge in [0.1, 0.15) is 11.8 Å². The number of aryl methyl sites for hydroxylation is 1. The standard InChI is InChI=1S/C14H16N2O/c1-9(2)17-11-5-6-14-12(7-11)13(8-15)10(3)16(14)4/h5-7,9H,1-4H3. The Balaban J connectivity index is 2.65. The number of benzene rings is 1. The van der Waals surface area contributed by atoms with Crippen molar-refractivity contribution in [1.82, 2.24) is 4.57 Å². The fourth-order valence-electron chi connectivity index (χ4n) is 2.04. The van der Waals surface area contributed by atoms with E-state index in [1.54, 1.807) is 0 Å². The lowest BCUT2D eigenvalue weighted by Crippen LogP contribution is -2.05. The van der Waals surface area contributed by atoms with E-state index in [1.165, 1.54) is 0 Å². The number of aromatic nitrogens is 1. The molecule has 0 atom stereocenters. The molecule has 0 aliphatic heterocycles. The second-order valence-electron chi connectivity index (χ2n) is 4.48. The van der Waals surface area contributed by atoms with Gasteiger partial charge in [-0.05, 0) is 39.0 Å². The minimum atomic E-state index is 0.141. The summed E-state index contributed by atoms with van der Waals surface area (Å²) in [5.74, 6) is 0.814. The van der Waals surface area contributed by atoms with Gasteiger partial charge in [0.2, 0.25) is 0 Å². The van der Waals surface area contributed by atoms with Gasteiger partial charge in [-0.2, -0.15) is 5.26 Å². The first-order valence-corrected chi connectivity index (χ1v) is 5.70. The molecule has 1 aromatic carbocycles. The van der Waals surface area contributed by atoms with Gasteiger partial charge < -0.3 is 9.30 Å². The zero-order valence-electron chi connectivity index (χ0n) is 10.6. The number of hydrogen-bond donors (Lipinski definition) is 0. The zero-order chi connectivity index (χ0) is 12.6. The molecule has 0 saturated heterocycles. The van der Waals surface area contributed by atoms with Crippen molar-refractivity contribution in [2.45, 2.75) is 26.9 Å². The third-order valence-electron chi connectivity index (χ3n) is 2.95. The summed E-state index contributed by atoms with van der Waals surface area (Å²) in [6, 6.07) is 8.16. The number of hydrogen-bond acceptors (Lipinski definition) is 2. The Morgan fingerprint density at radius 2 is 2.06 bits per heavy atom. The Labute approximate surface area is 101 Å². The van der Waals surface area contributed by atoms with Crippen LogP contribution in [0.2, 0.25) is 0 Å². The Morgan fingerprint density at radius 3 is 2.65 bits per heavy atom. The minimum absolute atomic E-state index is 0.141. The molecule has 3 heteroatoms. The van der Waals surface area contributed by atoms with Crippen LogP contribution in [0.25, 0.3) is 10.9 Å². The van der Waals surface area contributed by atoms with Crippen molar-refractivity contribution in [2.75, 3.05) is 0 Å². The van der Waals surface area contributed by atoms with Gasteiger partial charge in [-0.1, -0.05) is 0 Å². The van der Waals surface area contributed by atoms with E-state index in [2.05, 4.69) is 6.07 Å². The number of ether oxygens (including phenoxy) is 1. The van der Waals surface area contributed by atoms with Crippen LogP contribution < -0.4 is 4.74 Å². The third kappa shape index (κ3) is 1.87. The van der Waals surface area contributed by atoms with Crippen LogP contribution in [0.5, 0.6) is 5.75 Å². The Hall–Kier alpha value is -1.95. The average Bonchev–Trinajstić information content (AvgIpc) is 2.50. The van der Waals surface area contributed by atoms with Crippen molar-refractivity contribution in [3.8, 4) is 11.8 Å². The average molecular weight is 228 g/mol. The van der Waals surface area contributed by atoms with Crippen molar-refractivity contribution in [3.05, 3.63) is 29.5 Å². The molecule has 0 aliphatic carbocycles. The summed E-state index contributed by atoms with van der Waals surface area (Å²) in [5.41, 5.74) is 2.79. The van der Waals surface area contributed by atoms with Crippen LogP contribution in [-0.4, -0.2) is 10.7 Å². The van der Waals surface area contributed by atoms with E-state index in [4.69, 9.17) is 4.74 Å². The molecule has 0 spiro atoms. The lowest BCUT2D eigenvalue weighted by atomic mass is 10.1. The highest BCUT2D eigenvalue weighted by Crippen LogP contribution is 2.28. The summed E-state index contributed by atoms with van der Waals surface area (Å²) >= 11 is 0. The second-order valence-corrected chi connectivity index (χ2v) is 4.48. The first kappa shape index (κ1) is 11.5. The molecular formula is C14H16N2O. The highest BCUT2D eigenvalue weighted by molar-refractivity contribution is 5.89. The molecule has 0 bridgehead atoms. The van der Waals surface area contributed by atoms with E-state index >= 15 is 0 Å². The number of fused-ring (bicyclic) bond motifs is 1. The molecule has 3 nitrogen and oxygen atoms in total. The van der Waals surface area contributed by atoms with Crippen LogP contribution >= 0.6 is 0 Å². The summed E-state index contributed by atoms with van der Waals surface area (Å²) in [4.78, 5) is 0. The largest absolute Gasteiger partial charge is 0.491 e. The molecule has 88 valence electrons.